The molecule has 0 bridgehead atoms. The second-order valence-corrected chi connectivity index (χ2v) is 9.17. The van der Waals surface area contributed by atoms with Gasteiger partial charge >= 0.3 is 6.09 Å². The van der Waals surface area contributed by atoms with Crippen molar-refractivity contribution in [2.24, 2.45) is 0 Å². The molecule has 2 amide bonds. The molecule has 1 fully saturated rings. The van der Waals surface area contributed by atoms with Crippen molar-refractivity contribution in [2.45, 2.75) is 45.3 Å². The van der Waals surface area contributed by atoms with Gasteiger partial charge in [-0.2, -0.15) is 0 Å². The third kappa shape index (κ3) is 6.35. The van der Waals surface area contributed by atoms with Gasteiger partial charge in [0.2, 0.25) is 0 Å². The number of likely N-dealkylation sites (tertiary alicyclic amines) is 1. The molecule has 1 aliphatic heterocycles. The van der Waals surface area contributed by atoms with E-state index in [0.29, 0.717) is 31.7 Å². The van der Waals surface area contributed by atoms with Crippen LogP contribution in [0.4, 0.5) is 4.79 Å². The summed E-state index contributed by atoms with van der Waals surface area (Å²) >= 11 is 3.46. The van der Waals surface area contributed by atoms with Crippen LogP contribution in [0.25, 0.3) is 10.8 Å². The highest BCUT2D eigenvalue weighted by Gasteiger charge is 2.27. The first-order chi connectivity index (χ1) is 13.7. The van der Waals surface area contributed by atoms with Crippen molar-refractivity contribution in [3.8, 4) is 5.75 Å². The molecule has 0 atom stereocenters. The largest absolute Gasteiger partial charge is 0.484 e. The maximum atomic E-state index is 12.2. The molecule has 1 saturated heterocycles. The Bertz CT molecular complexity index is 886. The van der Waals surface area contributed by atoms with Crippen molar-refractivity contribution in [1.82, 2.24) is 10.2 Å². The molecule has 7 heteroatoms. The lowest BCUT2D eigenvalue weighted by molar-refractivity contribution is -0.124. The number of ether oxygens (including phenoxy) is 2. The summed E-state index contributed by atoms with van der Waals surface area (Å²) < 4.78 is 12.1. The molecule has 2 aromatic carbocycles. The van der Waals surface area contributed by atoms with Gasteiger partial charge in [0.05, 0.1) is 0 Å². The summed E-state index contributed by atoms with van der Waals surface area (Å²) in [6.07, 6.45) is 1.11. The van der Waals surface area contributed by atoms with Crippen LogP contribution in [0.1, 0.15) is 33.6 Å². The molecule has 0 aromatic heterocycles. The van der Waals surface area contributed by atoms with Gasteiger partial charge < -0.3 is 19.7 Å². The Labute approximate surface area is 179 Å². The highest BCUT2D eigenvalue weighted by molar-refractivity contribution is 9.10. The van der Waals surface area contributed by atoms with E-state index in [4.69, 9.17) is 9.47 Å². The molecule has 1 N–H and O–H groups in total. The monoisotopic (exact) mass is 462 g/mol. The molecule has 0 unspecified atom stereocenters. The zero-order chi connectivity index (χ0) is 21.0. The fourth-order valence-electron chi connectivity index (χ4n) is 3.24. The molecule has 1 aliphatic rings. The second-order valence-electron chi connectivity index (χ2n) is 8.25. The Morgan fingerprint density at radius 3 is 2.45 bits per heavy atom. The van der Waals surface area contributed by atoms with Gasteiger partial charge in [0, 0.05) is 23.6 Å². The minimum Gasteiger partial charge on any atom is -0.484 e. The van der Waals surface area contributed by atoms with Crippen molar-refractivity contribution < 1.29 is 19.1 Å². The van der Waals surface area contributed by atoms with Crippen LogP contribution < -0.4 is 10.1 Å². The maximum Gasteiger partial charge on any atom is 0.410 e. The summed E-state index contributed by atoms with van der Waals surface area (Å²) in [4.78, 5) is 26.0. The number of fused-ring (bicyclic) bond motifs is 1. The van der Waals surface area contributed by atoms with E-state index in [1.807, 2.05) is 57.2 Å². The molecular formula is C22H27BrN2O4. The van der Waals surface area contributed by atoms with Crippen LogP contribution in [0.5, 0.6) is 5.75 Å². The minimum atomic E-state index is -0.501. The van der Waals surface area contributed by atoms with Crippen LogP contribution in [-0.4, -0.2) is 48.2 Å². The molecule has 6 nitrogen and oxygen atoms in total. The zero-order valence-corrected chi connectivity index (χ0v) is 18.6. The number of amides is 2. The number of hydrogen-bond acceptors (Lipinski definition) is 4. The van der Waals surface area contributed by atoms with Gasteiger partial charge in [-0.05, 0) is 68.7 Å². The van der Waals surface area contributed by atoms with E-state index in [9.17, 15) is 9.59 Å². The van der Waals surface area contributed by atoms with E-state index in [1.54, 1.807) is 4.90 Å². The fraction of sp³-hybridized carbons (Fsp3) is 0.455. The van der Waals surface area contributed by atoms with Crippen molar-refractivity contribution in [3.05, 3.63) is 40.9 Å². The van der Waals surface area contributed by atoms with Gasteiger partial charge in [-0.1, -0.05) is 28.1 Å². The lowest BCUT2D eigenvalue weighted by Gasteiger charge is -2.33. The smallest absolute Gasteiger partial charge is 0.410 e. The number of carbonyl (C=O) groups excluding carboxylic acids is 2. The summed E-state index contributed by atoms with van der Waals surface area (Å²) in [5.74, 6) is 0.506. The van der Waals surface area contributed by atoms with E-state index < -0.39 is 5.60 Å². The summed E-state index contributed by atoms with van der Waals surface area (Å²) in [5, 5.41) is 5.15. The molecule has 0 radical (unpaired) electrons. The fourth-order valence-corrected chi connectivity index (χ4v) is 3.61. The molecule has 0 saturated carbocycles. The van der Waals surface area contributed by atoms with Gasteiger partial charge in [0.15, 0.2) is 6.61 Å². The van der Waals surface area contributed by atoms with Gasteiger partial charge in [0.1, 0.15) is 11.4 Å². The van der Waals surface area contributed by atoms with E-state index in [2.05, 4.69) is 21.2 Å². The third-order valence-corrected chi connectivity index (χ3v) is 5.15. The molecule has 2 aromatic rings. The minimum absolute atomic E-state index is 0.0334. The third-order valence-electron chi connectivity index (χ3n) is 4.66. The molecule has 1 heterocycles. The zero-order valence-electron chi connectivity index (χ0n) is 17.0. The molecule has 156 valence electrons. The summed E-state index contributed by atoms with van der Waals surface area (Å²) in [5.41, 5.74) is -0.501. The number of hydrogen-bond donors (Lipinski definition) is 1. The van der Waals surface area contributed by atoms with Crippen LogP contribution >= 0.6 is 15.9 Å². The first kappa shape index (κ1) is 21.4. The SMILES string of the molecule is CC(C)(C)OC(=O)N1CCC(NC(=O)COc2ccc3cc(Br)ccc3c2)CC1. The normalized spacial score (nSPS) is 15.2. The molecule has 0 spiro atoms. The number of halogens is 1. The number of nitrogens with zero attached hydrogens (tertiary/aromatic N) is 1. The van der Waals surface area contributed by atoms with Crippen LogP contribution in [0.2, 0.25) is 0 Å². The van der Waals surface area contributed by atoms with Crippen LogP contribution in [0, 0.1) is 0 Å². The highest BCUT2D eigenvalue weighted by atomic mass is 79.9. The predicted molar refractivity (Wildman–Crippen MR) is 116 cm³/mol. The van der Waals surface area contributed by atoms with E-state index in [1.165, 1.54) is 0 Å². The number of benzene rings is 2. The second kappa shape index (κ2) is 9.03. The quantitative estimate of drug-likeness (QED) is 0.726. The number of rotatable bonds is 4. The molecule has 29 heavy (non-hydrogen) atoms. The molecule has 3 rings (SSSR count). The molecular weight excluding hydrogens is 436 g/mol. The van der Waals surface area contributed by atoms with E-state index >= 15 is 0 Å². The summed E-state index contributed by atoms with van der Waals surface area (Å²) in [6, 6.07) is 11.8. The first-order valence-electron chi connectivity index (χ1n) is 9.79. The van der Waals surface area contributed by atoms with Crippen molar-refractivity contribution >= 4 is 38.7 Å². The maximum absolute atomic E-state index is 12.2. The van der Waals surface area contributed by atoms with Gasteiger partial charge in [-0.3, -0.25) is 4.79 Å². The predicted octanol–water partition coefficient (Wildman–Crippen LogP) is 4.50. The summed E-state index contributed by atoms with van der Waals surface area (Å²) in [6.45, 7) is 6.67. The van der Waals surface area contributed by atoms with Crippen molar-refractivity contribution in [2.75, 3.05) is 19.7 Å². The number of carbonyl (C=O) groups is 2. The molecule has 0 aliphatic carbocycles. The Morgan fingerprint density at radius 2 is 1.76 bits per heavy atom. The average Bonchev–Trinajstić information content (AvgIpc) is 2.65. The Kier molecular flexibility index (Phi) is 6.67. The van der Waals surface area contributed by atoms with Crippen LogP contribution in [-0.2, 0) is 9.53 Å². The first-order valence-corrected chi connectivity index (χ1v) is 10.6. The Hall–Kier alpha value is -2.28. The number of nitrogens with one attached hydrogen (secondary N) is 1. The average molecular weight is 463 g/mol. The topological polar surface area (TPSA) is 67.9 Å². The lowest BCUT2D eigenvalue weighted by atomic mass is 10.1. The van der Waals surface area contributed by atoms with Gasteiger partial charge in [-0.15, -0.1) is 0 Å². The highest BCUT2D eigenvalue weighted by Crippen LogP contribution is 2.24. The van der Waals surface area contributed by atoms with E-state index in [-0.39, 0.29) is 24.6 Å². The van der Waals surface area contributed by atoms with Gasteiger partial charge in [-0.25, -0.2) is 4.79 Å². The van der Waals surface area contributed by atoms with E-state index in [0.717, 1.165) is 15.2 Å². The Balaban J connectivity index is 1.43. The van der Waals surface area contributed by atoms with Gasteiger partial charge in [0.25, 0.3) is 5.91 Å². The number of piperidine rings is 1. The lowest BCUT2D eigenvalue weighted by Crippen LogP contribution is -2.48. The van der Waals surface area contributed by atoms with Crippen LogP contribution in [0.3, 0.4) is 0 Å². The van der Waals surface area contributed by atoms with Crippen LogP contribution in [0.15, 0.2) is 40.9 Å². The standard InChI is InChI=1S/C22H27BrN2O4/c1-22(2,3)29-21(27)25-10-8-18(9-11-25)24-20(26)14-28-19-7-5-15-12-17(23)6-4-16(15)13-19/h4-7,12-13,18H,8-11,14H2,1-3H3,(H,24,26). The van der Waals surface area contributed by atoms with Crippen molar-refractivity contribution in [3.63, 3.8) is 0 Å². The van der Waals surface area contributed by atoms with Crippen molar-refractivity contribution in [1.29, 1.82) is 0 Å². The Morgan fingerprint density at radius 1 is 1.10 bits per heavy atom. The summed E-state index contributed by atoms with van der Waals surface area (Å²) in [7, 11) is 0.